The maximum absolute atomic E-state index is 12.5. The fraction of sp³-hybridized carbons (Fsp3) is 0.200. The lowest BCUT2D eigenvalue weighted by atomic mass is 10.1. The van der Waals surface area contributed by atoms with Gasteiger partial charge < -0.3 is 14.8 Å². The Morgan fingerprint density at radius 1 is 1.19 bits per heavy atom. The van der Waals surface area contributed by atoms with Crippen molar-refractivity contribution in [3.05, 3.63) is 60.3 Å². The fourth-order valence-corrected chi connectivity index (χ4v) is 2.69. The predicted octanol–water partition coefficient (Wildman–Crippen LogP) is 3.75. The van der Waals surface area contributed by atoms with Crippen molar-refractivity contribution >= 4 is 11.6 Å². The molecule has 1 heterocycles. The number of aryl methyl sites for hydroxylation is 1. The van der Waals surface area contributed by atoms with E-state index in [0.29, 0.717) is 23.6 Å². The van der Waals surface area contributed by atoms with Gasteiger partial charge in [-0.1, -0.05) is 6.07 Å². The van der Waals surface area contributed by atoms with Gasteiger partial charge in [0.1, 0.15) is 11.5 Å². The molecule has 26 heavy (non-hydrogen) atoms. The summed E-state index contributed by atoms with van der Waals surface area (Å²) in [7, 11) is 3.44. The number of nitrogens with zero attached hydrogens (tertiary/aromatic N) is 2. The van der Waals surface area contributed by atoms with Crippen LogP contribution in [0.25, 0.3) is 11.3 Å². The molecule has 0 aliphatic rings. The van der Waals surface area contributed by atoms with E-state index in [1.807, 2.05) is 38.2 Å². The standard InChI is InChI=1S/C20H21N3O3/c1-4-26-19-9-8-15(13-17(19)18-10-11-21-23(18)2)22-20(24)14-6-5-7-16(12-14)25-3/h5-13H,4H2,1-3H3,(H,22,24). The number of anilines is 1. The SMILES string of the molecule is CCOc1ccc(NC(=O)c2cccc(OC)c2)cc1-c1ccnn1C. The maximum Gasteiger partial charge on any atom is 0.255 e. The molecule has 134 valence electrons. The van der Waals surface area contributed by atoms with Crippen molar-refractivity contribution in [3.8, 4) is 22.8 Å². The lowest BCUT2D eigenvalue weighted by Crippen LogP contribution is -2.12. The molecule has 1 N–H and O–H groups in total. The van der Waals surface area contributed by atoms with Gasteiger partial charge in [0.15, 0.2) is 0 Å². The van der Waals surface area contributed by atoms with Crippen LogP contribution in [0.15, 0.2) is 54.7 Å². The zero-order valence-corrected chi connectivity index (χ0v) is 15.0. The molecule has 0 saturated carbocycles. The van der Waals surface area contributed by atoms with Gasteiger partial charge in [0.05, 0.1) is 19.4 Å². The summed E-state index contributed by atoms with van der Waals surface area (Å²) in [5, 5.41) is 7.13. The Bertz CT molecular complexity index is 918. The normalized spacial score (nSPS) is 10.4. The number of aromatic nitrogens is 2. The van der Waals surface area contributed by atoms with Crippen LogP contribution >= 0.6 is 0 Å². The van der Waals surface area contributed by atoms with E-state index in [1.165, 1.54) is 0 Å². The van der Waals surface area contributed by atoms with Crippen LogP contribution in [0.4, 0.5) is 5.69 Å². The van der Waals surface area contributed by atoms with Crippen molar-refractivity contribution in [1.29, 1.82) is 0 Å². The van der Waals surface area contributed by atoms with Crippen molar-refractivity contribution in [2.45, 2.75) is 6.92 Å². The van der Waals surface area contributed by atoms with Gasteiger partial charge in [-0.05, 0) is 49.4 Å². The molecule has 0 aliphatic carbocycles. The van der Waals surface area contributed by atoms with Crippen LogP contribution in [-0.4, -0.2) is 29.4 Å². The van der Waals surface area contributed by atoms with Crippen molar-refractivity contribution in [3.63, 3.8) is 0 Å². The molecule has 1 aromatic heterocycles. The van der Waals surface area contributed by atoms with Crippen LogP contribution in [-0.2, 0) is 7.05 Å². The molecule has 0 aliphatic heterocycles. The quantitative estimate of drug-likeness (QED) is 0.735. The van der Waals surface area contributed by atoms with E-state index in [0.717, 1.165) is 17.0 Å². The lowest BCUT2D eigenvalue weighted by Gasteiger charge is -2.13. The summed E-state index contributed by atoms with van der Waals surface area (Å²) in [6, 6.07) is 14.5. The average Bonchev–Trinajstić information content (AvgIpc) is 3.09. The Balaban J connectivity index is 1.91. The van der Waals surface area contributed by atoms with Gasteiger partial charge in [-0.25, -0.2) is 0 Å². The monoisotopic (exact) mass is 351 g/mol. The van der Waals surface area contributed by atoms with Crippen molar-refractivity contribution in [1.82, 2.24) is 9.78 Å². The van der Waals surface area contributed by atoms with E-state index in [-0.39, 0.29) is 5.91 Å². The van der Waals surface area contributed by atoms with Gasteiger partial charge in [0, 0.05) is 30.1 Å². The first-order valence-electron chi connectivity index (χ1n) is 8.33. The molecule has 0 unspecified atom stereocenters. The number of carbonyl (C=O) groups is 1. The number of hydrogen-bond donors (Lipinski definition) is 1. The molecule has 1 amide bonds. The molecule has 3 aromatic rings. The van der Waals surface area contributed by atoms with Crippen molar-refractivity contribution in [2.24, 2.45) is 7.05 Å². The molecule has 0 spiro atoms. The van der Waals surface area contributed by atoms with Crippen LogP contribution in [0.5, 0.6) is 11.5 Å². The van der Waals surface area contributed by atoms with E-state index in [2.05, 4.69) is 10.4 Å². The summed E-state index contributed by atoms with van der Waals surface area (Å²) >= 11 is 0. The third kappa shape index (κ3) is 3.69. The minimum Gasteiger partial charge on any atom is -0.497 e. The molecule has 0 radical (unpaired) electrons. The lowest BCUT2D eigenvalue weighted by molar-refractivity contribution is 0.102. The molecular formula is C20H21N3O3. The average molecular weight is 351 g/mol. The largest absolute Gasteiger partial charge is 0.497 e. The van der Waals surface area contributed by atoms with E-state index >= 15 is 0 Å². The van der Waals surface area contributed by atoms with E-state index < -0.39 is 0 Å². The maximum atomic E-state index is 12.5. The molecule has 0 atom stereocenters. The number of rotatable bonds is 6. The Morgan fingerprint density at radius 3 is 2.73 bits per heavy atom. The number of ether oxygens (including phenoxy) is 2. The number of methoxy groups -OCH3 is 1. The summed E-state index contributed by atoms with van der Waals surface area (Å²) in [4.78, 5) is 12.5. The Morgan fingerprint density at radius 2 is 2.04 bits per heavy atom. The Hall–Kier alpha value is -3.28. The van der Waals surface area contributed by atoms with Crippen LogP contribution in [0.2, 0.25) is 0 Å². The zero-order valence-electron chi connectivity index (χ0n) is 15.0. The van der Waals surface area contributed by atoms with Crippen molar-refractivity contribution < 1.29 is 14.3 Å². The summed E-state index contributed by atoms with van der Waals surface area (Å²) in [5.74, 6) is 1.18. The first-order chi connectivity index (χ1) is 12.6. The first-order valence-corrected chi connectivity index (χ1v) is 8.33. The fourth-order valence-electron chi connectivity index (χ4n) is 2.69. The third-order valence-electron chi connectivity index (χ3n) is 3.97. The Kier molecular flexibility index (Phi) is 5.22. The number of nitrogens with one attached hydrogen (secondary N) is 1. The van der Waals surface area contributed by atoms with Gasteiger partial charge >= 0.3 is 0 Å². The molecule has 0 saturated heterocycles. The Labute approximate surface area is 152 Å². The molecule has 3 rings (SSSR count). The number of amides is 1. The van der Waals surface area contributed by atoms with Gasteiger partial charge in [-0.15, -0.1) is 0 Å². The summed E-state index contributed by atoms with van der Waals surface area (Å²) in [6.07, 6.45) is 1.73. The minimum atomic E-state index is -0.205. The van der Waals surface area contributed by atoms with Gasteiger partial charge in [0.2, 0.25) is 0 Å². The second-order valence-corrected chi connectivity index (χ2v) is 5.67. The summed E-state index contributed by atoms with van der Waals surface area (Å²) in [6.45, 7) is 2.49. The zero-order chi connectivity index (χ0) is 18.5. The second-order valence-electron chi connectivity index (χ2n) is 5.67. The third-order valence-corrected chi connectivity index (χ3v) is 3.97. The van der Waals surface area contributed by atoms with Crippen LogP contribution in [0, 0.1) is 0 Å². The molecular weight excluding hydrogens is 330 g/mol. The van der Waals surface area contributed by atoms with E-state index in [4.69, 9.17) is 9.47 Å². The number of carbonyl (C=O) groups excluding carboxylic acids is 1. The second kappa shape index (κ2) is 7.74. The van der Waals surface area contributed by atoms with Crippen LogP contribution in [0.3, 0.4) is 0 Å². The smallest absolute Gasteiger partial charge is 0.255 e. The van der Waals surface area contributed by atoms with Gasteiger partial charge in [-0.3, -0.25) is 9.48 Å². The minimum absolute atomic E-state index is 0.205. The molecule has 6 heteroatoms. The van der Waals surface area contributed by atoms with E-state index in [1.54, 1.807) is 42.3 Å². The number of hydrogen-bond acceptors (Lipinski definition) is 4. The molecule has 0 fully saturated rings. The van der Waals surface area contributed by atoms with Crippen molar-refractivity contribution in [2.75, 3.05) is 19.0 Å². The highest BCUT2D eigenvalue weighted by Crippen LogP contribution is 2.32. The van der Waals surface area contributed by atoms with Gasteiger partial charge in [-0.2, -0.15) is 5.10 Å². The topological polar surface area (TPSA) is 65.4 Å². The highest BCUT2D eigenvalue weighted by atomic mass is 16.5. The molecule has 2 aromatic carbocycles. The molecule has 6 nitrogen and oxygen atoms in total. The van der Waals surface area contributed by atoms with Gasteiger partial charge in [0.25, 0.3) is 5.91 Å². The highest BCUT2D eigenvalue weighted by Gasteiger charge is 2.13. The summed E-state index contributed by atoms with van der Waals surface area (Å²) in [5.41, 5.74) is 2.99. The van der Waals surface area contributed by atoms with Crippen LogP contribution < -0.4 is 14.8 Å². The first kappa shape index (κ1) is 17.5. The predicted molar refractivity (Wildman–Crippen MR) is 101 cm³/mol. The summed E-state index contributed by atoms with van der Waals surface area (Å²) < 4.78 is 12.7. The van der Waals surface area contributed by atoms with E-state index in [9.17, 15) is 4.79 Å². The molecule has 0 bridgehead atoms. The highest BCUT2D eigenvalue weighted by molar-refractivity contribution is 6.04. The van der Waals surface area contributed by atoms with Crippen LogP contribution in [0.1, 0.15) is 17.3 Å². The number of benzene rings is 2.